The van der Waals surface area contributed by atoms with Gasteiger partial charge in [0.15, 0.2) is 11.2 Å². The maximum absolute atomic E-state index is 15.4. The Morgan fingerprint density at radius 2 is 1.65 bits per heavy atom. The fraction of sp³-hybridized carbons (Fsp3) is 0.314. The molecule has 6 rings (SSSR count). The standard InChI is InChI=1S/C35H37N5O6/c1-34(2,32(43)40-31-29(30(42)38-33(40)36)37-21-39(31)28-18-16-25(20-41)46-28)35(22-11-7-5-8-12-22,23-13-9-6-10-14-23)26-17-15-24(44-3)19-27(26)45-4/h5-15,17,19,21,25,28,41H,16,18,20H2,1-4H3,(H2,36,38,42)/t25-,28+/m0/s1. The third-order valence-electron chi connectivity index (χ3n) is 9.13. The van der Waals surface area contributed by atoms with Crippen molar-refractivity contribution in [1.29, 1.82) is 0 Å². The summed E-state index contributed by atoms with van der Waals surface area (Å²) in [6, 6.07) is 25.1. The molecule has 0 aliphatic carbocycles. The molecule has 11 nitrogen and oxygen atoms in total. The molecule has 0 unspecified atom stereocenters. The van der Waals surface area contributed by atoms with Crippen LogP contribution in [0, 0.1) is 5.41 Å². The van der Waals surface area contributed by atoms with Crippen LogP contribution in [-0.4, -0.2) is 57.0 Å². The highest BCUT2D eigenvalue weighted by Gasteiger charge is 2.55. The van der Waals surface area contributed by atoms with Crippen LogP contribution in [0.2, 0.25) is 0 Å². The van der Waals surface area contributed by atoms with Crippen molar-refractivity contribution in [3.63, 3.8) is 0 Å². The predicted molar refractivity (Wildman–Crippen MR) is 173 cm³/mol. The summed E-state index contributed by atoms with van der Waals surface area (Å²) < 4.78 is 20.5. The van der Waals surface area contributed by atoms with E-state index in [1.807, 2.05) is 86.6 Å². The van der Waals surface area contributed by atoms with Gasteiger partial charge in [-0.1, -0.05) is 66.7 Å². The van der Waals surface area contributed by atoms with Gasteiger partial charge in [-0.05, 0) is 43.9 Å². The van der Waals surface area contributed by atoms with Crippen LogP contribution in [0.4, 0.5) is 5.95 Å². The van der Waals surface area contributed by atoms with E-state index in [4.69, 9.17) is 19.9 Å². The number of hydrogen-bond acceptors (Lipinski definition) is 9. The maximum Gasteiger partial charge on any atom is 0.302 e. The zero-order valence-electron chi connectivity index (χ0n) is 26.2. The summed E-state index contributed by atoms with van der Waals surface area (Å²) in [5, 5.41) is 9.71. The lowest BCUT2D eigenvalue weighted by molar-refractivity contribution is -0.0209. The largest absolute Gasteiger partial charge is 0.497 e. The first-order valence-electron chi connectivity index (χ1n) is 15.1. The van der Waals surface area contributed by atoms with Gasteiger partial charge in [0, 0.05) is 11.6 Å². The minimum atomic E-state index is -1.34. The van der Waals surface area contributed by atoms with Gasteiger partial charge in [0.1, 0.15) is 17.7 Å². The number of ether oxygens (including phenoxy) is 3. The number of carbonyl (C=O) groups is 1. The normalized spacial score (nSPS) is 16.9. The summed E-state index contributed by atoms with van der Waals surface area (Å²) in [5.41, 5.74) is 5.85. The second kappa shape index (κ2) is 12.1. The molecule has 0 bridgehead atoms. The zero-order valence-corrected chi connectivity index (χ0v) is 26.2. The molecular weight excluding hydrogens is 586 g/mol. The van der Waals surface area contributed by atoms with E-state index in [1.165, 1.54) is 10.9 Å². The van der Waals surface area contributed by atoms with E-state index < -0.39 is 28.5 Å². The molecule has 3 heterocycles. The van der Waals surface area contributed by atoms with Gasteiger partial charge in [-0.15, -0.1) is 0 Å². The Morgan fingerprint density at radius 1 is 1.00 bits per heavy atom. The fourth-order valence-corrected chi connectivity index (χ4v) is 6.94. The van der Waals surface area contributed by atoms with Crippen molar-refractivity contribution in [2.24, 2.45) is 5.41 Å². The number of methoxy groups -OCH3 is 2. The highest BCUT2D eigenvalue weighted by molar-refractivity contribution is 5.96. The van der Waals surface area contributed by atoms with Crippen LogP contribution >= 0.6 is 0 Å². The average molecular weight is 624 g/mol. The van der Waals surface area contributed by atoms with E-state index in [-0.39, 0.29) is 29.8 Å². The van der Waals surface area contributed by atoms with Crippen LogP contribution in [0.1, 0.15) is 54.4 Å². The first-order valence-corrected chi connectivity index (χ1v) is 15.1. The van der Waals surface area contributed by atoms with Crippen LogP contribution in [0.3, 0.4) is 0 Å². The Kier molecular flexibility index (Phi) is 8.13. The molecule has 2 atom stereocenters. The molecule has 5 aromatic rings. The minimum Gasteiger partial charge on any atom is -0.497 e. The maximum atomic E-state index is 15.4. The van der Waals surface area contributed by atoms with Gasteiger partial charge < -0.3 is 25.1 Å². The third kappa shape index (κ3) is 4.74. The molecular formula is C35H37N5O6. The van der Waals surface area contributed by atoms with Crippen LogP contribution in [0.15, 0.2) is 90.0 Å². The highest BCUT2D eigenvalue weighted by Crippen LogP contribution is 2.55. The van der Waals surface area contributed by atoms with Gasteiger partial charge in [0.2, 0.25) is 11.9 Å². The molecule has 238 valence electrons. The van der Waals surface area contributed by atoms with Crippen molar-refractivity contribution in [1.82, 2.24) is 19.1 Å². The molecule has 0 radical (unpaired) electrons. The molecule has 0 saturated carbocycles. The van der Waals surface area contributed by atoms with E-state index in [9.17, 15) is 9.90 Å². The summed E-state index contributed by atoms with van der Waals surface area (Å²) in [4.78, 5) is 36.9. The number of aliphatic hydroxyl groups is 1. The number of aliphatic hydroxyl groups excluding tert-OH is 1. The molecule has 3 aromatic carbocycles. The van der Waals surface area contributed by atoms with Gasteiger partial charge in [-0.25, -0.2) is 9.55 Å². The second-order valence-corrected chi connectivity index (χ2v) is 11.9. The number of anilines is 1. The third-order valence-corrected chi connectivity index (χ3v) is 9.13. The van der Waals surface area contributed by atoms with Crippen LogP contribution in [-0.2, 0) is 10.2 Å². The van der Waals surface area contributed by atoms with E-state index in [0.717, 1.165) is 11.1 Å². The first-order chi connectivity index (χ1) is 22.2. The van der Waals surface area contributed by atoms with Crippen molar-refractivity contribution in [3.05, 3.63) is 112 Å². The number of fused-ring (bicyclic) bond motifs is 1. The summed E-state index contributed by atoms with van der Waals surface area (Å²) in [6.07, 6.45) is 1.67. The van der Waals surface area contributed by atoms with Crippen molar-refractivity contribution in [2.75, 3.05) is 26.6 Å². The van der Waals surface area contributed by atoms with Crippen LogP contribution in [0.25, 0.3) is 11.2 Å². The predicted octanol–water partition coefficient (Wildman–Crippen LogP) is 4.56. The number of nitrogens with zero attached hydrogens (tertiary/aromatic N) is 4. The van der Waals surface area contributed by atoms with Crippen molar-refractivity contribution in [2.45, 2.75) is 44.4 Å². The topological polar surface area (TPSA) is 144 Å². The van der Waals surface area contributed by atoms with Crippen molar-refractivity contribution < 1.29 is 24.1 Å². The summed E-state index contributed by atoms with van der Waals surface area (Å²) >= 11 is 0. The molecule has 0 amide bonds. The Bertz CT molecular complexity index is 1900. The molecule has 2 aromatic heterocycles. The van der Waals surface area contributed by atoms with E-state index in [2.05, 4.69) is 9.97 Å². The number of aromatic nitrogens is 4. The monoisotopic (exact) mass is 623 g/mol. The Balaban J connectivity index is 1.68. The number of benzene rings is 3. The number of hydrogen-bond donors (Lipinski definition) is 2. The number of carbonyl (C=O) groups excluding carboxylic acids is 1. The van der Waals surface area contributed by atoms with Gasteiger partial charge in [-0.2, -0.15) is 4.98 Å². The van der Waals surface area contributed by atoms with Gasteiger partial charge in [0.05, 0.1) is 44.1 Å². The lowest BCUT2D eigenvalue weighted by atomic mass is 9.54. The molecule has 0 spiro atoms. The van der Waals surface area contributed by atoms with E-state index in [0.29, 0.717) is 29.9 Å². The highest BCUT2D eigenvalue weighted by atomic mass is 16.5. The minimum absolute atomic E-state index is 0.0125. The summed E-state index contributed by atoms with van der Waals surface area (Å²) in [7, 11) is 3.17. The quantitative estimate of drug-likeness (QED) is 0.226. The summed E-state index contributed by atoms with van der Waals surface area (Å²) in [6.45, 7) is 3.57. The Labute approximate surface area is 266 Å². The molecule has 1 fully saturated rings. The average Bonchev–Trinajstić information content (AvgIpc) is 3.74. The Morgan fingerprint density at radius 3 is 2.22 bits per heavy atom. The lowest BCUT2D eigenvalue weighted by Crippen LogP contribution is -2.51. The summed E-state index contributed by atoms with van der Waals surface area (Å²) in [5.74, 6) is 0.401. The first kappa shape index (κ1) is 31.0. The molecule has 1 aliphatic heterocycles. The molecule has 3 N–H and O–H groups in total. The van der Waals surface area contributed by atoms with Crippen molar-refractivity contribution >= 4 is 23.0 Å². The SMILES string of the molecule is COc1ccc(C(c2ccccc2)(c2ccccc2)C(C)(C)C(=O)n2c(N)nc(=O)c3ncn([C@H]4CC[C@@H](CO)O4)c32)c(OC)c1. The van der Waals surface area contributed by atoms with Crippen LogP contribution in [0.5, 0.6) is 11.5 Å². The molecule has 1 aliphatic rings. The van der Waals surface area contributed by atoms with E-state index in [1.54, 1.807) is 24.9 Å². The Hall–Kier alpha value is -5.00. The number of nitrogen functional groups attached to an aromatic ring is 1. The fourth-order valence-electron chi connectivity index (χ4n) is 6.94. The molecule has 11 heteroatoms. The molecule has 46 heavy (non-hydrogen) atoms. The smallest absolute Gasteiger partial charge is 0.302 e. The van der Waals surface area contributed by atoms with Gasteiger partial charge in [-0.3, -0.25) is 14.2 Å². The number of rotatable bonds is 9. The van der Waals surface area contributed by atoms with Crippen molar-refractivity contribution in [3.8, 4) is 11.5 Å². The lowest BCUT2D eigenvalue weighted by Gasteiger charge is -2.48. The second-order valence-electron chi connectivity index (χ2n) is 11.9. The zero-order chi connectivity index (χ0) is 32.6. The van der Waals surface area contributed by atoms with Gasteiger partial charge in [0.25, 0.3) is 0 Å². The van der Waals surface area contributed by atoms with E-state index >= 15 is 4.79 Å². The molecule has 1 saturated heterocycles. The van der Waals surface area contributed by atoms with Gasteiger partial charge >= 0.3 is 5.56 Å². The number of nitrogens with two attached hydrogens (primary N) is 1. The number of imidazole rings is 1. The van der Waals surface area contributed by atoms with Crippen LogP contribution < -0.4 is 20.8 Å².